The van der Waals surface area contributed by atoms with Crippen molar-refractivity contribution in [2.45, 2.75) is 0 Å². The van der Waals surface area contributed by atoms with Gasteiger partial charge in [-0.2, -0.15) is 0 Å². The SMILES string of the molecule is c1ccc(N2CN(c3ccccc3)c3cc(-n4c5ccccc5c5ccccc54)ccc32)cc1. The van der Waals surface area contributed by atoms with E-state index in [9.17, 15) is 0 Å². The van der Waals surface area contributed by atoms with Gasteiger partial charge in [0.2, 0.25) is 0 Å². The number of anilines is 4. The van der Waals surface area contributed by atoms with Gasteiger partial charge in [-0.25, -0.2) is 0 Å². The highest BCUT2D eigenvalue weighted by molar-refractivity contribution is 6.09. The second-order valence-corrected chi connectivity index (χ2v) is 8.71. The first-order valence-electron chi connectivity index (χ1n) is 11.7. The second-order valence-electron chi connectivity index (χ2n) is 8.71. The number of hydrogen-bond acceptors (Lipinski definition) is 2. The molecule has 0 atom stereocenters. The van der Waals surface area contributed by atoms with Gasteiger partial charge in [0.1, 0.15) is 6.67 Å². The van der Waals surface area contributed by atoms with Gasteiger partial charge in [0.05, 0.1) is 22.4 Å². The van der Waals surface area contributed by atoms with E-state index in [4.69, 9.17) is 0 Å². The Labute approximate surface area is 198 Å². The largest absolute Gasteiger partial charge is 0.321 e. The summed E-state index contributed by atoms with van der Waals surface area (Å²) in [7, 11) is 0. The average Bonchev–Trinajstić information content (AvgIpc) is 3.46. The van der Waals surface area contributed by atoms with Crippen LogP contribution < -0.4 is 9.80 Å². The molecule has 3 nitrogen and oxygen atoms in total. The molecule has 6 aromatic rings. The first kappa shape index (κ1) is 19.0. The van der Waals surface area contributed by atoms with Gasteiger partial charge in [0, 0.05) is 27.8 Å². The highest BCUT2D eigenvalue weighted by Crippen LogP contribution is 2.45. The van der Waals surface area contributed by atoms with Crippen molar-refractivity contribution >= 4 is 44.6 Å². The predicted molar refractivity (Wildman–Crippen MR) is 143 cm³/mol. The van der Waals surface area contributed by atoms with Crippen molar-refractivity contribution in [1.29, 1.82) is 0 Å². The van der Waals surface area contributed by atoms with E-state index in [2.05, 4.69) is 142 Å². The molecular weight excluding hydrogens is 414 g/mol. The van der Waals surface area contributed by atoms with Gasteiger partial charge in [-0.05, 0) is 54.6 Å². The maximum absolute atomic E-state index is 2.40. The monoisotopic (exact) mass is 437 g/mol. The number of nitrogens with zero attached hydrogens (tertiary/aromatic N) is 3. The summed E-state index contributed by atoms with van der Waals surface area (Å²) in [6.07, 6.45) is 0. The molecule has 0 N–H and O–H groups in total. The lowest BCUT2D eigenvalue weighted by Gasteiger charge is -2.22. The van der Waals surface area contributed by atoms with Crippen LogP contribution in [0.2, 0.25) is 0 Å². The molecule has 0 radical (unpaired) electrons. The van der Waals surface area contributed by atoms with Crippen molar-refractivity contribution < 1.29 is 0 Å². The maximum atomic E-state index is 2.40. The fraction of sp³-hybridized carbons (Fsp3) is 0.0323. The van der Waals surface area contributed by atoms with E-state index in [1.165, 1.54) is 50.2 Å². The number of rotatable bonds is 3. The summed E-state index contributed by atoms with van der Waals surface area (Å²) in [5, 5.41) is 2.56. The van der Waals surface area contributed by atoms with Crippen LogP contribution in [0.3, 0.4) is 0 Å². The molecular formula is C31H23N3. The molecule has 7 rings (SSSR count). The molecule has 0 saturated carbocycles. The smallest absolute Gasteiger partial charge is 0.100 e. The number of aromatic nitrogens is 1. The third kappa shape index (κ3) is 2.84. The Hall–Kier alpha value is -4.50. The summed E-state index contributed by atoms with van der Waals surface area (Å²) >= 11 is 0. The lowest BCUT2D eigenvalue weighted by atomic mass is 10.2. The number of hydrogen-bond donors (Lipinski definition) is 0. The molecule has 0 fully saturated rings. The fourth-order valence-electron chi connectivity index (χ4n) is 5.25. The quantitative estimate of drug-likeness (QED) is 0.278. The van der Waals surface area contributed by atoms with E-state index in [0.717, 1.165) is 6.67 Å². The van der Waals surface area contributed by atoms with E-state index in [0.29, 0.717) is 0 Å². The molecule has 0 saturated heterocycles. The Balaban J connectivity index is 1.46. The zero-order valence-corrected chi connectivity index (χ0v) is 18.7. The van der Waals surface area contributed by atoms with Crippen LogP contribution in [0.25, 0.3) is 27.5 Å². The van der Waals surface area contributed by atoms with E-state index in [1.807, 2.05) is 0 Å². The van der Waals surface area contributed by atoms with E-state index in [-0.39, 0.29) is 0 Å². The molecule has 3 heteroatoms. The molecule has 0 bridgehead atoms. The molecule has 1 aliphatic rings. The van der Waals surface area contributed by atoms with Gasteiger partial charge >= 0.3 is 0 Å². The molecule has 0 amide bonds. The Kier molecular flexibility index (Phi) is 4.21. The van der Waals surface area contributed by atoms with Gasteiger partial charge in [0.25, 0.3) is 0 Å². The molecule has 162 valence electrons. The summed E-state index contributed by atoms with van der Waals surface area (Å²) in [5.74, 6) is 0. The highest BCUT2D eigenvalue weighted by atomic mass is 15.4. The van der Waals surface area contributed by atoms with E-state index < -0.39 is 0 Å². The van der Waals surface area contributed by atoms with E-state index in [1.54, 1.807) is 0 Å². The molecule has 5 aromatic carbocycles. The minimum atomic E-state index is 0.778. The van der Waals surface area contributed by atoms with Crippen molar-refractivity contribution in [3.8, 4) is 5.69 Å². The van der Waals surface area contributed by atoms with Gasteiger partial charge in [-0.3, -0.25) is 0 Å². The predicted octanol–water partition coefficient (Wildman–Crippen LogP) is 8.03. The van der Waals surface area contributed by atoms with Gasteiger partial charge in [0.15, 0.2) is 0 Å². The van der Waals surface area contributed by atoms with Crippen molar-refractivity contribution in [2.24, 2.45) is 0 Å². The fourth-order valence-corrected chi connectivity index (χ4v) is 5.25. The number of para-hydroxylation sites is 4. The number of fused-ring (bicyclic) bond motifs is 4. The standard InChI is InChI=1S/C31H23N3/c1-3-11-23(12-4-1)32-22-33(24-13-5-2-6-14-24)31-21-25(19-20-30(31)32)34-28-17-9-7-15-26(28)27-16-8-10-18-29(27)34/h1-21H,22H2. The highest BCUT2D eigenvalue weighted by Gasteiger charge is 2.28. The number of benzene rings is 5. The topological polar surface area (TPSA) is 11.4 Å². The normalized spacial score (nSPS) is 13.1. The van der Waals surface area contributed by atoms with Gasteiger partial charge in [-0.15, -0.1) is 0 Å². The van der Waals surface area contributed by atoms with Gasteiger partial charge in [-0.1, -0.05) is 72.8 Å². The first-order valence-corrected chi connectivity index (χ1v) is 11.7. The third-order valence-electron chi connectivity index (χ3n) is 6.80. The van der Waals surface area contributed by atoms with Crippen LogP contribution in [-0.4, -0.2) is 11.2 Å². The first-order chi connectivity index (χ1) is 16.9. The average molecular weight is 438 g/mol. The minimum absolute atomic E-state index is 0.778. The summed E-state index contributed by atoms with van der Waals surface area (Å²) in [4.78, 5) is 4.79. The zero-order chi connectivity index (χ0) is 22.5. The molecule has 0 aliphatic carbocycles. The summed E-state index contributed by atoms with van der Waals surface area (Å²) < 4.78 is 2.39. The Morgan fingerprint density at radius 2 is 0.912 bits per heavy atom. The maximum Gasteiger partial charge on any atom is 0.100 e. The third-order valence-corrected chi connectivity index (χ3v) is 6.80. The molecule has 0 unspecified atom stereocenters. The summed E-state index contributed by atoms with van der Waals surface area (Å²) in [5.41, 5.74) is 8.47. The van der Waals surface area contributed by atoms with Crippen molar-refractivity contribution in [1.82, 2.24) is 4.57 Å². The molecule has 34 heavy (non-hydrogen) atoms. The second kappa shape index (κ2) is 7.53. The van der Waals surface area contributed by atoms with Crippen molar-refractivity contribution in [3.05, 3.63) is 127 Å². The molecule has 1 aromatic heterocycles. The van der Waals surface area contributed by atoms with Crippen LogP contribution in [0, 0.1) is 0 Å². The Morgan fingerprint density at radius 3 is 1.50 bits per heavy atom. The lowest BCUT2D eigenvalue weighted by molar-refractivity contribution is 0.991. The van der Waals surface area contributed by atoms with Crippen LogP contribution in [0.5, 0.6) is 0 Å². The van der Waals surface area contributed by atoms with Gasteiger partial charge < -0.3 is 14.4 Å². The molecule has 1 aliphatic heterocycles. The van der Waals surface area contributed by atoms with Crippen LogP contribution >= 0.6 is 0 Å². The van der Waals surface area contributed by atoms with Crippen molar-refractivity contribution in [3.63, 3.8) is 0 Å². The van der Waals surface area contributed by atoms with Crippen LogP contribution in [0.4, 0.5) is 22.7 Å². The van der Waals surface area contributed by atoms with Crippen LogP contribution in [0.1, 0.15) is 0 Å². The zero-order valence-electron chi connectivity index (χ0n) is 18.7. The summed E-state index contributed by atoms with van der Waals surface area (Å²) in [6.45, 7) is 0.778. The summed E-state index contributed by atoms with van der Waals surface area (Å²) in [6, 6.07) is 45.5. The molecule has 0 spiro atoms. The van der Waals surface area contributed by atoms with E-state index >= 15 is 0 Å². The van der Waals surface area contributed by atoms with Crippen LogP contribution in [-0.2, 0) is 0 Å². The molecule has 2 heterocycles. The Bertz CT molecular complexity index is 1580. The Morgan fingerprint density at radius 1 is 0.412 bits per heavy atom. The van der Waals surface area contributed by atoms with Crippen molar-refractivity contribution in [2.75, 3.05) is 16.5 Å². The van der Waals surface area contributed by atoms with Crippen LogP contribution in [0.15, 0.2) is 127 Å². The minimum Gasteiger partial charge on any atom is -0.321 e. The lowest BCUT2D eigenvalue weighted by Crippen LogP contribution is -2.23.